The number of nitrogens with one attached hydrogen (secondary N) is 1. The van der Waals surface area contributed by atoms with Crippen LogP contribution in [0.4, 0.5) is 5.13 Å². The lowest BCUT2D eigenvalue weighted by Crippen LogP contribution is -2.31. The molecule has 0 spiro atoms. The smallest absolute Gasteiger partial charge is 0.185 e. The largest absolute Gasteiger partial charge is 0.348 e. The fourth-order valence-corrected chi connectivity index (χ4v) is 3.38. The quantitative estimate of drug-likeness (QED) is 0.790. The predicted molar refractivity (Wildman–Crippen MR) is 88.6 cm³/mol. The van der Waals surface area contributed by atoms with E-state index in [1.165, 1.54) is 28.5 Å². The van der Waals surface area contributed by atoms with Gasteiger partial charge in [0.2, 0.25) is 0 Å². The molecule has 1 aromatic rings. The van der Waals surface area contributed by atoms with Crippen molar-refractivity contribution in [1.82, 2.24) is 10.3 Å². The van der Waals surface area contributed by atoms with Crippen LogP contribution in [-0.4, -0.2) is 24.1 Å². The van der Waals surface area contributed by atoms with E-state index in [0.29, 0.717) is 11.8 Å². The third-order valence-electron chi connectivity index (χ3n) is 3.45. The van der Waals surface area contributed by atoms with E-state index < -0.39 is 0 Å². The van der Waals surface area contributed by atoms with Crippen LogP contribution in [0.3, 0.4) is 0 Å². The number of aromatic nitrogens is 1. The first-order valence-electron chi connectivity index (χ1n) is 7.90. The lowest BCUT2D eigenvalue weighted by Gasteiger charge is -2.25. The zero-order valence-corrected chi connectivity index (χ0v) is 14.4. The highest BCUT2D eigenvalue weighted by atomic mass is 32.1. The molecule has 1 aromatic heterocycles. The summed E-state index contributed by atoms with van der Waals surface area (Å²) in [6.07, 6.45) is 2.69. The number of anilines is 1. The SMILES string of the molecule is Cc1nc(N(CC(C)C)CC(C)C)sc1CNC1CC1. The third-order valence-corrected chi connectivity index (χ3v) is 4.67. The van der Waals surface area contributed by atoms with Crippen LogP contribution in [0.25, 0.3) is 0 Å². The Kier molecular flexibility index (Phi) is 5.44. The zero-order chi connectivity index (χ0) is 14.7. The van der Waals surface area contributed by atoms with Gasteiger partial charge in [-0.1, -0.05) is 27.7 Å². The minimum atomic E-state index is 0.672. The number of aryl methyl sites for hydroxylation is 1. The Balaban J connectivity index is 2.04. The van der Waals surface area contributed by atoms with Gasteiger partial charge in [-0.05, 0) is 31.6 Å². The fourth-order valence-electron chi connectivity index (χ4n) is 2.35. The van der Waals surface area contributed by atoms with Crippen LogP contribution in [0.15, 0.2) is 0 Å². The molecule has 0 amide bonds. The van der Waals surface area contributed by atoms with Gasteiger partial charge in [0, 0.05) is 30.6 Å². The highest BCUT2D eigenvalue weighted by Gasteiger charge is 2.22. The van der Waals surface area contributed by atoms with Crippen LogP contribution in [0, 0.1) is 18.8 Å². The van der Waals surface area contributed by atoms with Gasteiger partial charge in [0.25, 0.3) is 0 Å². The molecule has 1 saturated carbocycles. The summed E-state index contributed by atoms with van der Waals surface area (Å²) in [5.41, 5.74) is 1.20. The molecule has 0 aliphatic heterocycles. The van der Waals surface area contributed by atoms with Crippen LogP contribution >= 0.6 is 11.3 Å². The average Bonchev–Trinajstić information content (AvgIpc) is 3.08. The van der Waals surface area contributed by atoms with Crippen LogP contribution < -0.4 is 10.2 Å². The first kappa shape index (κ1) is 15.8. The first-order valence-corrected chi connectivity index (χ1v) is 8.72. The van der Waals surface area contributed by atoms with E-state index in [2.05, 4.69) is 44.8 Å². The van der Waals surface area contributed by atoms with Crippen molar-refractivity contribution in [3.05, 3.63) is 10.6 Å². The molecule has 2 rings (SSSR count). The molecular weight excluding hydrogens is 266 g/mol. The summed E-state index contributed by atoms with van der Waals surface area (Å²) in [6.45, 7) is 14.5. The molecule has 3 nitrogen and oxygen atoms in total. The van der Waals surface area contributed by atoms with Crippen molar-refractivity contribution < 1.29 is 0 Å². The lowest BCUT2D eigenvalue weighted by atomic mass is 10.1. The Bertz CT molecular complexity index is 411. The normalized spacial score (nSPS) is 15.3. The molecule has 0 atom stereocenters. The van der Waals surface area contributed by atoms with E-state index in [4.69, 9.17) is 4.98 Å². The van der Waals surface area contributed by atoms with Crippen molar-refractivity contribution in [2.24, 2.45) is 11.8 Å². The molecule has 1 N–H and O–H groups in total. The van der Waals surface area contributed by atoms with Crippen molar-refractivity contribution in [3.8, 4) is 0 Å². The number of hydrogen-bond donors (Lipinski definition) is 1. The van der Waals surface area contributed by atoms with Crippen LogP contribution in [0.2, 0.25) is 0 Å². The highest BCUT2D eigenvalue weighted by Crippen LogP contribution is 2.28. The number of thiazole rings is 1. The van der Waals surface area contributed by atoms with Gasteiger partial charge in [0.15, 0.2) is 5.13 Å². The van der Waals surface area contributed by atoms with Crippen LogP contribution in [0.5, 0.6) is 0 Å². The van der Waals surface area contributed by atoms with Gasteiger partial charge in [0.05, 0.1) is 5.69 Å². The highest BCUT2D eigenvalue weighted by molar-refractivity contribution is 7.15. The molecule has 114 valence electrons. The minimum Gasteiger partial charge on any atom is -0.348 e. The number of rotatable bonds is 8. The summed E-state index contributed by atoms with van der Waals surface area (Å²) in [7, 11) is 0. The van der Waals surface area contributed by atoms with Crippen molar-refractivity contribution in [2.75, 3.05) is 18.0 Å². The van der Waals surface area contributed by atoms with Crippen molar-refractivity contribution in [1.29, 1.82) is 0 Å². The number of hydrogen-bond acceptors (Lipinski definition) is 4. The van der Waals surface area contributed by atoms with Gasteiger partial charge >= 0.3 is 0 Å². The Morgan fingerprint density at radius 3 is 2.30 bits per heavy atom. The molecular formula is C16H29N3S. The minimum absolute atomic E-state index is 0.672. The third kappa shape index (κ3) is 4.74. The van der Waals surface area contributed by atoms with Crippen molar-refractivity contribution in [3.63, 3.8) is 0 Å². The maximum Gasteiger partial charge on any atom is 0.185 e. The summed E-state index contributed by atoms with van der Waals surface area (Å²) >= 11 is 1.87. The molecule has 0 saturated heterocycles. The second kappa shape index (κ2) is 6.90. The Labute approximate surface area is 127 Å². The summed E-state index contributed by atoms with van der Waals surface area (Å²) in [5, 5.41) is 4.81. The molecule has 1 aliphatic rings. The molecule has 0 unspecified atom stereocenters. The monoisotopic (exact) mass is 295 g/mol. The van der Waals surface area contributed by atoms with E-state index in [1.807, 2.05) is 11.3 Å². The van der Waals surface area contributed by atoms with E-state index in [-0.39, 0.29) is 0 Å². The van der Waals surface area contributed by atoms with Crippen molar-refractivity contribution >= 4 is 16.5 Å². The molecule has 1 heterocycles. The summed E-state index contributed by atoms with van der Waals surface area (Å²) in [5.74, 6) is 1.34. The van der Waals surface area contributed by atoms with E-state index >= 15 is 0 Å². The second-order valence-corrected chi connectivity index (χ2v) is 7.91. The molecule has 1 fully saturated rings. The van der Waals surface area contributed by atoms with Gasteiger partial charge in [-0.15, -0.1) is 11.3 Å². The molecule has 1 aliphatic carbocycles. The topological polar surface area (TPSA) is 28.2 Å². The zero-order valence-electron chi connectivity index (χ0n) is 13.6. The maximum atomic E-state index is 4.82. The van der Waals surface area contributed by atoms with Crippen LogP contribution in [0.1, 0.15) is 51.1 Å². The van der Waals surface area contributed by atoms with E-state index in [1.54, 1.807) is 0 Å². The molecule has 0 bridgehead atoms. The van der Waals surface area contributed by atoms with Gasteiger partial charge in [0.1, 0.15) is 0 Å². The Morgan fingerprint density at radius 1 is 1.20 bits per heavy atom. The van der Waals surface area contributed by atoms with Gasteiger partial charge < -0.3 is 10.2 Å². The Hall–Kier alpha value is -0.610. The number of nitrogens with zero attached hydrogens (tertiary/aromatic N) is 2. The van der Waals surface area contributed by atoms with Gasteiger partial charge in [-0.25, -0.2) is 4.98 Å². The van der Waals surface area contributed by atoms with Gasteiger partial charge in [-0.3, -0.25) is 0 Å². The molecule has 0 radical (unpaired) electrons. The molecule has 0 aromatic carbocycles. The lowest BCUT2D eigenvalue weighted by molar-refractivity contribution is 0.551. The second-order valence-electron chi connectivity index (χ2n) is 6.85. The standard InChI is InChI=1S/C16H29N3S/c1-11(2)9-19(10-12(3)4)16-18-13(5)15(20-16)8-17-14-6-7-14/h11-12,14,17H,6-10H2,1-5H3. The maximum absolute atomic E-state index is 4.82. The summed E-state index contributed by atoms with van der Waals surface area (Å²) < 4.78 is 0. The average molecular weight is 295 g/mol. The Morgan fingerprint density at radius 2 is 1.80 bits per heavy atom. The predicted octanol–water partition coefficient (Wildman–Crippen LogP) is 3.82. The molecule has 4 heteroatoms. The summed E-state index contributed by atoms with van der Waals surface area (Å²) in [4.78, 5) is 8.69. The molecule has 20 heavy (non-hydrogen) atoms. The first-order chi connectivity index (χ1) is 9.45. The fraction of sp³-hybridized carbons (Fsp3) is 0.812. The van der Waals surface area contributed by atoms with Crippen LogP contribution in [-0.2, 0) is 6.54 Å². The van der Waals surface area contributed by atoms with E-state index in [9.17, 15) is 0 Å². The van der Waals surface area contributed by atoms with Crippen molar-refractivity contribution in [2.45, 2.75) is 60.0 Å². The van der Waals surface area contributed by atoms with E-state index in [0.717, 1.165) is 25.7 Å². The summed E-state index contributed by atoms with van der Waals surface area (Å²) in [6, 6.07) is 0.766. The van der Waals surface area contributed by atoms with Gasteiger partial charge in [-0.2, -0.15) is 0 Å².